The van der Waals surface area contributed by atoms with E-state index < -0.39 is 0 Å². The van der Waals surface area contributed by atoms with Crippen LogP contribution >= 0.6 is 0 Å². The summed E-state index contributed by atoms with van der Waals surface area (Å²) in [7, 11) is 0. The van der Waals surface area contributed by atoms with Gasteiger partial charge < -0.3 is 10.1 Å². The second-order valence-corrected chi connectivity index (χ2v) is 4.46. The fourth-order valence-corrected chi connectivity index (χ4v) is 2.00. The van der Waals surface area contributed by atoms with Crippen LogP contribution in [0.3, 0.4) is 0 Å². The minimum absolute atomic E-state index is 0.349. The fourth-order valence-electron chi connectivity index (χ4n) is 2.00. The van der Waals surface area contributed by atoms with E-state index in [4.69, 9.17) is 4.74 Å². The molecule has 5 heteroatoms. The van der Waals surface area contributed by atoms with E-state index in [0.29, 0.717) is 24.1 Å². The van der Waals surface area contributed by atoms with Gasteiger partial charge in [-0.25, -0.2) is 9.37 Å². The molecule has 0 amide bonds. The molecule has 0 saturated carbocycles. The molecule has 0 unspecified atom stereocenters. The van der Waals surface area contributed by atoms with E-state index in [2.05, 4.69) is 15.3 Å². The Labute approximate surface area is 121 Å². The maximum atomic E-state index is 13.3. The first-order valence-electron chi connectivity index (χ1n) is 6.70. The first-order chi connectivity index (χ1) is 10.3. The van der Waals surface area contributed by atoms with Crippen molar-refractivity contribution in [3.63, 3.8) is 0 Å². The van der Waals surface area contributed by atoms with Crippen molar-refractivity contribution in [3.05, 3.63) is 54.3 Å². The van der Waals surface area contributed by atoms with Crippen LogP contribution in [0.15, 0.2) is 48.5 Å². The lowest BCUT2D eigenvalue weighted by atomic mass is 10.2. The van der Waals surface area contributed by atoms with Crippen LogP contribution in [-0.4, -0.2) is 16.5 Å². The Morgan fingerprint density at radius 3 is 2.76 bits per heavy atom. The third-order valence-corrected chi connectivity index (χ3v) is 2.91. The average molecular weight is 283 g/mol. The molecular formula is C16H14FN3O. The van der Waals surface area contributed by atoms with Crippen molar-refractivity contribution in [1.29, 1.82) is 0 Å². The highest BCUT2D eigenvalue weighted by Gasteiger charge is 2.09. The number of ether oxygens (including phenoxy) is 1. The summed E-state index contributed by atoms with van der Waals surface area (Å²) in [5.41, 5.74) is 0.773. The maximum Gasteiger partial charge on any atom is 0.231 e. The Hall–Kier alpha value is -2.69. The predicted molar refractivity (Wildman–Crippen MR) is 80.2 cm³/mol. The molecule has 0 bridgehead atoms. The lowest BCUT2D eigenvalue weighted by Gasteiger charge is -2.10. The molecule has 2 aromatic carbocycles. The number of hydrogen-bond donors (Lipinski definition) is 1. The van der Waals surface area contributed by atoms with Gasteiger partial charge in [0.1, 0.15) is 11.6 Å². The Morgan fingerprint density at radius 2 is 1.95 bits per heavy atom. The van der Waals surface area contributed by atoms with Gasteiger partial charge in [-0.15, -0.1) is 0 Å². The van der Waals surface area contributed by atoms with Gasteiger partial charge in [-0.1, -0.05) is 18.2 Å². The number of nitrogens with zero attached hydrogens (tertiary/aromatic N) is 2. The Kier molecular flexibility index (Phi) is 3.64. The first-order valence-corrected chi connectivity index (χ1v) is 6.70. The van der Waals surface area contributed by atoms with E-state index in [1.54, 1.807) is 12.1 Å². The number of aromatic nitrogens is 2. The second kappa shape index (κ2) is 5.75. The number of rotatable bonds is 4. The van der Waals surface area contributed by atoms with Gasteiger partial charge in [0.25, 0.3) is 0 Å². The van der Waals surface area contributed by atoms with Crippen LogP contribution in [0.5, 0.6) is 11.6 Å². The minimum atomic E-state index is -0.349. The quantitative estimate of drug-likeness (QED) is 0.786. The molecule has 0 aliphatic rings. The third kappa shape index (κ3) is 2.91. The van der Waals surface area contributed by atoms with E-state index >= 15 is 0 Å². The highest BCUT2D eigenvalue weighted by atomic mass is 19.1. The van der Waals surface area contributed by atoms with Gasteiger partial charge in [-0.3, -0.25) is 0 Å². The van der Waals surface area contributed by atoms with Gasteiger partial charge in [-0.2, -0.15) is 4.98 Å². The number of hydrogen-bond acceptors (Lipinski definition) is 4. The Morgan fingerprint density at radius 1 is 1.10 bits per heavy atom. The zero-order chi connectivity index (χ0) is 14.7. The van der Waals surface area contributed by atoms with Crippen molar-refractivity contribution in [2.75, 3.05) is 11.9 Å². The summed E-state index contributed by atoms with van der Waals surface area (Å²) < 4.78 is 19.0. The lowest BCUT2D eigenvalue weighted by Crippen LogP contribution is -2.03. The van der Waals surface area contributed by atoms with Gasteiger partial charge in [0.2, 0.25) is 11.8 Å². The van der Waals surface area contributed by atoms with Crippen LogP contribution in [-0.2, 0) is 0 Å². The van der Waals surface area contributed by atoms with E-state index in [-0.39, 0.29) is 5.82 Å². The van der Waals surface area contributed by atoms with Crippen LogP contribution < -0.4 is 10.1 Å². The van der Waals surface area contributed by atoms with Crippen LogP contribution in [0.4, 0.5) is 10.3 Å². The zero-order valence-electron chi connectivity index (χ0n) is 11.5. The molecule has 1 heterocycles. The van der Waals surface area contributed by atoms with E-state index in [1.807, 2.05) is 31.2 Å². The number of benzene rings is 2. The molecular weight excluding hydrogens is 269 g/mol. The first kappa shape index (κ1) is 13.3. The van der Waals surface area contributed by atoms with Gasteiger partial charge in [-0.05, 0) is 31.2 Å². The highest BCUT2D eigenvalue weighted by Crippen LogP contribution is 2.28. The van der Waals surface area contributed by atoms with Crippen LogP contribution in [0.1, 0.15) is 6.92 Å². The molecule has 21 heavy (non-hydrogen) atoms. The van der Waals surface area contributed by atoms with Gasteiger partial charge in [0, 0.05) is 12.6 Å². The summed E-state index contributed by atoms with van der Waals surface area (Å²) >= 11 is 0. The zero-order valence-corrected chi connectivity index (χ0v) is 11.5. The summed E-state index contributed by atoms with van der Waals surface area (Å²) in [6, 6.07) is 13.5. The summed E-state index contributed by atoms with van der Waals surface area (Å²) in [6.45, 7) is 2.67. The van der Waals surface area contributed by atoms with Gasteiger partial charge in [0.15, 0.2) is 0 Å². The molecule has 0 radical (unpaired) electrons. The number of para-hydroxylation sites is 1. The average Bonchev–Trinajstić information content (AvgIpc) is 2.48. The molecule has 3 aromatic rings. The van der Waals surface area contributed by atoms with E-state index in [1.165, 1.54) is 12.1 Å². The summed E-state index contributed by atoms with van der Waals surface area (Å²) in [5, 5.41) is 3.84. The molecule has 0 aliphatic heterocycles. The summed E-state index contributed by atoms with van der Waals surface area (Å²) in [4.78, 5) is 8.76. The molecule has 0 saturated heterocycles. The normalized spacial score (nSPS) is 10.6. The van der Waals surface area contributed by atoms with Gasteiger partial charge in [0.05, 0.1) is 10.9 Å². The Balaban J connectivity index is 2.07. The number of halogens is 1. The van der Waals surface area contributed by atoms with Gasteiger partial charge >= 0.3 is 0 Å². The van der Waals surface area contributed by atoms with Crippen LogP contribution in [0, 0.1) is 5.82 Å². The second-order valence-electron chi connectivity index (χ2n) is 4.46. The van der Waals surface area contributed by atoms with Crippen molar-refractivity contribution in [2.45, 2.75) is 6.92 Å². The third-order valence-electron chi connectivity index (χ3n) is 2.91. The molecule has 1 aromatic heterocycles. The maximum absolute atomic E-state index is 13.3. The van der Waals surface area contributed by atoms with Crippen LogP contribution in [0.25, 0.3) is 10.9 Å². The van der Waals surface area contributed by atoms with Crippen molar-refractivity contribution in [2.24, 2.45) is 0 Å². The SMILES string of the molecule is CCNc1nc(Oc2cccc(F)c2)c2ccccc2n1. The van der Waals surface area contributed by atoms with Crippen molar-refractivity contribution in [3.8, 4) is 11.6 Å². The molecule has 0 aliphatic carbocycles. The van der Waals surface area contributed by atoms with Crippen molar-refractivity contribution < 1.29 is 9.13 Å². The molecule has 0 fully saturated rings. The number of anilines is 1. The Bertz CT molecular complexity index is 776. The molecule has 4 nitrogen and oxygen atoms in total. The summed E-state index contributed by atoms with van der Waals surface area (Å²) in [5.74, 6) is 0.948. The fraction of sp³-hybridized carbons (Fsp3) is 0.125. The molecule has 0 atom stereocenters. The molecule has 106 valence electrons. The molecule has 3 rings (SSSR count). The minimum Gasteiger partial charge on any atom is -0.438 e. The highest BCUT2D eigenvalue weighted by molar-refractivity contribution is 5.84. The summed E-state index contributed by atoms with van der Waals surface area (Å²) in [6.07, 6.45) is 0. The topological polar surface area (TPSA) is 47.0 Å². The standard InChI is InChI=1S/C16H14FN3O/c1-2-18-16-19-14-9-4-3-8-13(14)15(20-16)21-12-7-5-6-11(17)10-12/h3-10H,2H2,1H3,(H,18,19,20). The number of fused-ring (bicyclic) bond motifs is 1. The van der Waals surface area contributed by atoms with E-state index in [9.17, 15) is 4.39 Å². The van der Waals surface area contributed by atoms with Crippen LogP contribution in [0.2, 0.25) is 0 Å². The largest absolute Gasteiger partial charge is 0.438 e. The van der Waals surface area contributed by atoms with E-state index in [0.717, 1.165) is 10.9 Å². The lowest BCUT2D eigenvalue weighted by molar-refractivity contribution is 0.464. The predicted octanol–water partition coefficient (Wildman–Crippen LogP) is 3.99. The monoisotopic (exact) mass is 283 g/mol. The molecule has 0 spiro atoms. The smallest absolute Gasteiger partial charge is 0.231 e. The number of nitrogens with one attached hydrogen (secondary N) is 1. The van der Waals surface area contributed by atoms with Crippen molar-refractivity contribution in [1.82, 2.24) is 9.97 Å². The molecule has 1 N–H and O–H groups in total. The van der Waals surface area contributed by atoms with Crippen molar-refractivity contribution >= 4 is 16.9 Å².